The van der Waals surface area contributed by atoms with Crippen LogP contribution in [0.4, 0.5) is 17.1 Å². The van der Waals surface area contributed by atoms with Gasteiger partial charge in [-0.2, -0.15) is 0 Å². The lowest BCUT2D eigenvalue weighted by molar-refractivity contribution is 0.660. The molecule has 61 heavy (non-hydrogen) atoms. The number of para-hydroxylation sites is 1. The van der Waals surface area contributed by atoms with Crippen molar-refractivity contribution in [3.05, 3.63) is 223 Å². The minimum Gasteiger partial charge on any atom is -0.456 e. The van der Waals surface area contributed by atoms with Crippen molar-refractivity contribution in [1.29, 1.82) is 0 Å². The molecule has 0 atom stereocenters. The summed E-state index contributed by atoms with van der Waals surface area (Å²) in [7, 11) is 0. The molecule has 0 fully saturated rings. The maximum atomic E-state index is 6.27. The number of rotatable bonds is 6. The Morgan fingerprint density at radius 2 is 0.918 bits per heavy atom. The second-order valence-corrected chi connectivity index (χ2v) is 16.9. The highest BCUT2D eigenvalue weighted by Crippen LogP contribution is 2.50. The first-order chi connectivity index (χ1) is 30.0. The molecule has 11 aromatic rings. The molecule has 1 aliphatic rings. The fourth-order valence-corrected chi connectivity index (χ4v) is 9.95. The third-order valence-electron chi connectivity index (χ3n) is 13.1. The highest BCUT2D eigenvalue weighted by atomic mass is 16.3. The van der Waals surface area contributed by atoms with Crippen molar-refractivity contribution in [3.63, 3.8) is 0 Å². The van der Waals surface area contributed by atoms with Crippen LogP contribution in [0.5, 0.6) is 0 Å². The fraction of sp³-hybridized carbons (Fsp3) is 0.0508. The Labute approximate surface area is 355 Å². The number of hydrogen-bond acceptors (Lipinski definition) is 2. The SMILES string of the molecule is CC1(C)c2ccccc2-c2ccc(-c3ccc(N(c4ccc(-c5ccc6c(c5)oc5ccccc56)cc4)c4cccc(-c5cccc6c5ccc5ccccc56)c4)cc3)cc21. The summed E-state index contributed by atoms with van der Waals surface area (Å²) in [6.07, 6.45) is 0. The molecule has 0 saturated heterocycles. The Bertz CT molecular complexity index is 3500. The summed E-state index contributed by atoms with van der Waals surface area (Å²) in [5.41, 5.74) is 17.6. The van der Waals surface area contributed by atoms with Gasteiger partial charge in [-0.3, -0.25) is 0 Å². The van der Waals surface area contributed by atoms with Gasteiger partial charge in [0.15, 0.2) is 0 Å². The Morgan fingerprint density at radius 3 is 1.74 bits per heavy atom. The highest BCUT2D eigenvalue weighted by Gasteiger charge is 2.35. The summed E-state index contributed by atoms with van der Waals surface area (Å²) in [4.78, 5) is 2.38. The second kappa shape index (κ2) is 13.7. The minimum atomic E-state index is -0.0507. The topological polar surface area (TPSA) is 16.4 Å². The first-order valence-corrected chi connectivity index (χ1v) is 21.2. The van der Waals surface area contributed by atoms with Gasteiger partial charge in [-0.25, -0.2) is 0 Å². The van der Waals surface area contributed by atoms with E-state index in [4.69, 9.17) is 4.42 Å². The van der Waals surface area contributed by atoms with Crippen LogP contribution >= 0.6 is 0 Å². The van der Waals surface area contributed by atoms with Crippen LogP contribution in [0.25, 0.3) is 88.0 Å². The van der Waals surface area contributed by atoms with Gasteiger partial charge >= 0.3 is 0 Å². The molecular formula is C59H41NO. The summed E-state index contributed by atoms with van der Waals surface area (Å²) in [5, 5.41) is 7.33. The largest absolute Gasteiger partial charge is 0.456 e. The number of fused-ring (bicyclic) bond motifs is 9. The number of furan rings is 1. The second-order valence-electron chi connectivity index (χ2n) is 16.9. The summed E-state index contributed by atoms with van der Waals surface area (Å²) < 4.78 is 6.27. The smallest absolute Gasteiger partial charge is 0.136 e. The van der Waals surface area contributed by atoms with Crippen molar-refractivity contribution >= 4 is 60.5 Å². The van der Waals surface area contributed by atoms with Crippen LogP contribution < -0.4 is 4.90 Å². The Morgan fingerprint density at radius 1 is 0.328 bits per heavy atom. The standard InChI is InChI=1S/C59H41NO/c1-59(2)55-19-7-5-15-51(55)52-33-26-41(36-56(52)59)38-21-28-44(29-22-38)60(45-30-23-39(24-31-45)42-27-34-54-53-16-6-8-20-57(53)61-58(54)37-42)46-13-9-12-43(35-46)48-17-10-18-49-47-14-4-3-11-40(47)25-32-50(48)49/h3-37H,1-2H3. The molecule has 2 heteroatoms. The van der Waals surface area contributed by atoms with Crippen molar-refractivity contribution in [2.75, 3.05) is 4.90 Å². The molecule has 288 valence electrons. The molecule has 0 N–H and O–H groups in total. The zero-order valence-electron chi connectivity index (χ0n) is 34.1. The quantitative estimate of drug-likeness (QED) is 0.156. The average Bonchev–Trinajstić information content (AvgIpc) is 3.80. The average molecular weight is 780 g/mol. The van der Waals surface area contributed by atoms with Gasteiger partial charge in [0.1, 0.15) is 11.2 Å². The number of benzene rings is 10. The van der Waals surface area contributed by atoms with Crippen LogP contribution in [-0.4, -0.2) is 0 Å². The van der Waals surface area contributed by atoms with E-state index in [9.17, 15) is 0 Å². The van der Waals surface area contributed by atoms with E-state index in [1.165, 1.54) is 66.1 Å². The summed E-state index contributed by atoms with van der Waals surface area (Å²) in [6, 6.07) is 77.5. The van der Waals surface area contributed by atoms with Crippen molar-refractivity contribution in [2.24, 2.45) is 0 Å². The van der Waals surface area contributed by atoms with Gasteiger partial charge in [-0.1, -0.05) is 166 Å². The molecule has 1 aromatic heterocycles. The van der Waals surface area contributed by atoms with Gasteiger partial charge in [0.25, 0.3) is 0 Å². The molecule has 1 heterocycles. The van der Waals surface area contributed by atoms with E-state index in [-0.39, 0.29) is 5.41 Å². The lowest BCUT2D eigenvalue weighted by atomic mass is 9.81. The predicted octanol–water partition coefficient (Wildman–Crippen LogP) is 16.7. The van der Waals surface area contributed by atoms with Crippen molar-refractivity contribution in [1.82, 2.24) is 0 Å². The molecule has 0 spiro atoms. The maximum absolute atomic E-state index is 6.27. The van der Waals surface area contributed by atoms with E-state index < -0.39 is 0 Å². The number of hydrogen-bond donors (Lipinski definition) is 0. The van der Waals surface area contributed by atoms with E-state index in [0.717, 1.165) is 50.1 Å². The molecule has 0 saturated carbocycles. The van der Waals surface area contributed by atoms with Gasteiger partial charge < -0.3 is 9.32 Å². The van der Waals surface area contributed by atoms with Crippen molar-refractivity contribution < 1.29 is 4.42 Å². The Kier molecular flexibility index (Phi) is 7.92. The fourth-order valence-electron chi connectivity index (χ4n) is 9.95. The first-order valence-electron chi connectivity index (χ1n) is 21.2. The molecule has 10 aromatic carbocycles. The van der Waals surface area contributed by atoms with Gasteiger partial charge in [0.2, 0.25) is 0 Å². The highest BCUT2D eigenvalue weighted by molar-refractivity contribution is 6.12. The van der Waals surface area contributed by atoms with Crippen molar-refractivity contribution in [3.8, 4) is 44.5 Å². The molecule has 2 nitrogen and oxygen atoms in total. The molecular weight excluding hydrogens is 739 g/mol. The lowest BCUT2D eigenvalue weighted by Gasteiger charge is -2.27. The van der Waals surface area contributed by atoms with Crippen LogP contribution in [0, 0.1) is 0 Å². The van der Waals surface area contributed by atoms with Crippen LogP contribution in [0.2, 0.25) is 0 Å². The third kappa shape index (κ3) is 5.71. The van der Waals surface area contributed by atoms with E-state index in [1.807, 2.05) is 12.1 Å². The molecule has 0 unspecified atom stereocenters. The molecule has 0 bridgehead atoms. The third-order valence-corrected chi connectivity index (χ3v) is 13.1. The van der Waals surface area contributed by atoms with Crippen LogP contribution in [-0.2, 0) is 5.41 Å². The zero-order valence-corrected chi connectivity index (χ0v) is 34.1. The molecule has 0 amide bonds. The van der Waals surface area contributed by atoms with Gasteiger partial charge in [-0.05, 0) is 138 Å². The van der Waals surface area contributed by atoms with Gasteiger partial charge in [-0.15, -0.1) is 0 Å². The summed E-state index contributed by atoms with van der Waals surface area (Å²) in [5.74, 6) is 0. The first kappa shape index (κ1) is 35.3. The lowest BCUT2D eigenvalue weighted by Crippen LogP contribution is -2.14. The normalized spacial score (nSPS) is 12.9. The molecule has 1 aliphatic carbocycles. The molecule has 12 rings (SSSR count). The molecule has 0 aliphatic heterocycles. The summed E-state index contributed by atoms with van der Waals surface area (Å²) >= 11 is 0. The van der Waals surface area contributed by atoms with E-state index in [2.05, 4.69) is 219 Å². The van der Waals surface area contributed by atoms with E-state index in [0.29, 0.717) is 0 Å². The molecule has 0 radical (unpaired) electrons. The zero-order chi connectivity index (χ0) is 40.7. The Balaban J connectivity index is 0.949. The van der Waals surface area contributed by atoms with E-state index >= 15 is 0 Å². The Hall–Kier alpha value is -7.68. The van der Waals surface area contributed by atoms with Crippen molar-refractivity contribution in [2.45, 2.75) is 19.3 Å². The van der Waals surface area contributed by atoms with E-state index in [1.54, 1.807) is 0 Å². The van der Waals surface area contributed by atoms with Gasteiger partial charge in [0, 0.05) is 33.2 Å². The van der Waals surface area contributed by atoms with Gasteiger partial charge in [0.05, 0.1) is 0 Å². The van der Waals surface area contributed by atoms with Crippen LogP contribution in [0.1, 0.15) is 25.0 Å². The predicted molar refractivity (Wildman–Crippen MR) is 257 cm³/mol. The minimum absolute atomic E-state index is 0.0507. The number of nitrogens with zero attached hydrogens (tertiary/aromatic N) is 1. The number of anilines is 3. The van der Waals surface area contributed by atoms with Crippen LogP contribution in [0.15, 0.2) is 217 Å². The van der Waals surface area contributed by atoms with Crippen LogP contribution in [0.3, 0.4) is 0 Å². The monoisotopic (exact) mass is 779 g/mol. The maximum Gasteiger partial charge on any atom is 0.136 e. The summed E-state index contributed by atoms with van der Waals surface area (Å²) in [6.45, 7) is 4.69.